The Hall–Kier alpha value is 0.154. The highest BCUT2D eigenvalue weighted by molar-refractivity contribution is 6.83. The normalized spacial score (nSPS) is 14.0. The summed E-state index contributed by atoms with van der Waals surface area (Å²) in [4.78, 5) is 0. The van der Waals surface area contributed by atoms with Crippen LogP contribution in [0.3, 0.4) is 0 Å². The van der Waals surface area contributed by atoms with E-state index in [2.05, 4.69) is 12.2 Å². The molecule has 0 spiro atoms. The van der Waals surface area contributed by atoms with Gasteiger partial charge >= 0.3 is 17.4 Å². The van der Waals surface area contributed by atoms with Gasteiger partial charge in [-0.15, -0.1) is 0 Å². The lowest BCUT2D eigenvalue weighted by molar-refractivity contribution is 0.0698. The molecule has 0 fully saturated rings. The first-order chi connectivity index (χ1) is 12.5. The SMILES string of the molecule is CCO[Si](CC(C)CNCCN)(C[Si](OCC)(OCC)OCC)OCC. The van der Waals surface area contributed by atoms with Crippen LogP contribution in [0.25, 0.3) is 0 Å². The molecule has 158 valence electrons. The van der Waals surface area contributed by atoms with Crippen molar-refractivity contribution >= 4 is 17.4 Å². The van der Waals surface area contributed by atoms with Crippen molar-refractivity contribution in [1.82, 2.24) is 5.32 Å². The Balaban J connectivity index is 5.43. The summed E-state index contributed by atoms with van der Waals surface area (Å²) in [5, 5.41) is 3.38. The quantitative estimate of drug-likeness (QED) is 0.265. The van der Waals surface area contributed by atoms with E-state index in [-0.39, 0.29) is 0 Å². The summed E-state index contributed by atoms with van der Waals surface area (Å²) in [5.41, 5.74) is 6.20. The summed E-state index contributed by atoms with van der Waals surface area (Å²) >= 11 is 0. The molecule has 0 aliphatic rings. The number of nitrogens with one attached hydrogen (secondary N) is 1. The average Bonchev–Trinajstić information content (AvgIpc) is 2.56. The summed E-state index contributed by atoms with van der Waals surface area (Å²) in [5.74, 6) is 0.405. The Labute approximate surface area is 162 Å². The zero-order chi connectivity index (χ0) is 19.9. The van der Waals surface area contributed by atoms with Crippen LogP contribution in [0.5, 0.6) is 0 Å². The molecule has 0 aromatic carbocycles. The van der Waals surface area contributed by atoms with Gasteiger partial charge in [-0.2, -0.15) is 0 Å². The molecule has 0 radical (unpaired) electrons. The fourth-order valence-electron chi connectivity index (χ4n) is 3.18. The molecule has 9 heteroatoms. The van der Waals surface area contributed by atoms with E-state index >= 15 is 0 Å². The molecule has 0 amide bonds. The van der Waals surface area contributed by atoms with E-state index in [0.717, 1.165) is 19.1 Å². The highest BCUT2D eigenvalue weighted by Gasteiger charge is 2.53. The van der Waals surface area contributed by atoms with E-state index < -0.39 is 17.4 Å². The van der Waals surface area contributed by atoms with E-state index in [9.17, 15) is 0 Å². The molecule has 3 N–H and O–H groups in total. The minimum Gasteiger partial charge on any atom is -0.394 e. The second kappa shape index (κ2) is 15.1. The van der Waals surface area contributed by atoms with Crippen molar-refractivity contribution in [2.75, 3.05) is 52.7 Å². The van der Waals surface area contributed by atoms with Gasteiger partial charge in [0.05, 0.1) is 5.67 Å². The molecule has 0 heterocycles. The predicted octanol–water partition coefficient (Wildman–Crippen LogP) is 2.27. The van der Waals surface area contributed by atoms with Crippen molar-refractivity contribution in [3.8, 4) is 0 Å². The second-order valence-electron chi connectivity index (χ2n) is 6.24. The molecular weight excluding hydrogens is 368 g/mol. The van der Waals surface area contributed by atoms with Crippen molar-refractivity contribution in [1.29, 1.82) is 0 Å². The Morgan fingerprint density at radius 2 is 1.27 bits per heavy atom. The Bertz CT molecular complexity index is 317. The third kappa shape index (κ3) is 9.91. The van der Waals surface area contributed by atoms with Crippen molar-refractivity contribution in [3.63, 3.8) is 0 Å². The number of hydrogen-bond donors (Lipinski definition) is 2. The van der Waals surface area contributed by atoms with Crippen molar-refractivity contribution in [3.05, 3.63) is 0 Å². The van der Waals surface area contributed by atoms with Gasteiger partial charge in [0.15, 0.2) is 0 Å². The first-order valence-corrected chi connectivity index (χ1v) is 14.2. The molecule has 0 rings (SSSR count). The third-order valence-corrected chi connectivity index (χ3v) is 12.9. The molecule has 0 aliphatic carbocycles. The highest BCUT2D eigenvalue weighted by Crippen LogP contribution is 2.31. The Kier molecular flexibility index (Phi) is 15.2. The highest BCUT2D eigenvalue weighted by atomic mass is 28.4. The van der Waals surface area contributed by atoms with E-state index in [0.29, 0.717) is 51.2 Å². The van der Waals surface area contributed by atoms with Crippen LogP contribution in [-0.2, 0) is 22.1 Å². The first-order valence-electron chi connectivity index (χ1n) is 10.1. The maximum Gasteiger partial charge on any atom is 0.502 e. The monoisotopic (exact) mass is 410 g/mol. The van der Waals surface area contributed by atoms with Crippen LogP contribution in [0.15, 0.2) is 0 Å². The summed E-state index contributed by atoms with van der Waals surface area (Å²) in [6.45, 7) is 17.4. The van der Waals surface area contributed by atoms with Gasteiger partial charge in [0, 0.05) is 46.1 Å². The number of hydrogen-bond acceptors (Lipinski definition) is 7. The van der Waals surface area contributed by atoms with Gasteiger partial charge < -0.3 is 33.2 Å². The lowest BCUT2D eigenvalue weighted by atomic mass is 10.2. The smallest absolute Gasteiger partial charge is 0.394 e. The number of nitrogens with two attached hydrogens (primary N) is 1. The molecule has 26 heavy (non-hydrogen) atoms. The topological polar surface area (TPSA) is 84.2 Å². The first kappa shape index (κ1) is 26.2. The molecule has 0 aromatic heterocycles. The maximum atomic E-state index is 6.30. The van der Waals surface area contributed by atoms with E-state index in [4.69, 9.17) is 27.9 Å². The standard InChI is InChI=1S/C17H42N2O5Si2/c1-7-20-25(21-8-2,15-17(6)14-19-13-12-18)16-26(22-9-3,23-10-4)24-11-5/h17,19H,7-16,18H2,1-6H3. The van der Waals surface area contributed by atoms with Gasteiger partial charge in [0.25, 0.3) is 0 Å². The largest absolute Gasteiger partial charge is 0.502 e. The predicted molar refractivity (Wildman–Crippen MR) is 110 cm³/mol. The Morgan fingerprint density at radius 3 is 1.65 bits per heavy atom. The van der Waals surface area contributed by atoms with Crippen LogP contribution in [0.1, 0.15) is 41.5 Å². The van der Waals surface area contributed by atoms with Gasteiger partial charge in [-0.3, -0.25) is 0 Å². The average molecular weight is 411 g/mol. The van der Waals surface area contributed by atoms with Crippen LogP contribution < -0.4 is 11.1 Å². The van der Waals surface area contributed by atoms with Gasteiger partial charge in [-0.1, -0.05) is 6.92 Å². The molecule has 1 atom stereocenters. The lowest BCUT2D eigenvalue weighted by Gasteiger charge is -2.38. The molecular formula is C17H42N2O5Si2. The van der Waals surface area contributed by atoms with Crippen LogP contribution in [0, 0.1) is 5.92 Å². The zero-order valence-electron chi connectivity index (χ0n) is 17.8. The molecule has 0 aliphatic heterocycles. The van der Waals surface area contributed by atoms with Crippen molar-refractivity contribution in [2.24, 2.45) is 11.7 Å². The van der Waals surface area contributed by atoms with Crippen LogP contribution in [-0.4, -0.2) is 70.0 Å². The van der Waals surface area contributed by atoms with Crippen molar-refractivity contribution < 1.29 is 22.1 Å². The van der Waals surface area contributed by atoms with Gasteiger partial charge in [0.2, 0.25) is 0 Å². The molecule has 0 saturated carbocycles. The van der Waals surface area contributed by atoms with E-state index in [1.54, 1.807) is 0 Å². The molecule has 0 aromatic rings. The minimum atomic E-state index is -2.84. The summed E-state index contributed by atoms with van der Waals surface area (Å²) in [6, 6.07) is 0.869. The lowest BCUT2D eigenvalue weighted by Crippen LogP contribution is -2.57. The number of rotatable bonds is 18. The minimum absolute atomic E-state index is 0.405. The summed E-state index contributed by atoms with van der Waals surface area (Å²) in [6.07, 6.45) is 0. The zero-order valence-corrected chi connectivity index (χ0v) is 19.8. The molecule has 0 saturated heterocycles. The van der Waals surface area contributed by atoms with E-state index in [1.807, 2.05) is 34.6 Å². The third-order valence-electron chi connectivity index (χ3n) is 3.87. The van der Waals surface area contributed by atoms with E-state index in [1.165, 1.54) is 0 Å². The fraction of sp³-hybridized carbons (Fsp3) is 1.00. The van der Waals surface area contributed by atoms with Gasteiger partial charge in [-0.25, -0.2) is 0 Å². The van der Waals surface area contributed by atoms with Gasteiger partial charge in [0.1, 0.15) is 0 Å². The Morgan fingerprint density at radius 1 is 0.808 bits per heavy atom. The van der Waals surface area contributed by atoms with Crippen LogP contribution in [0.4, 0.5) is 0 Å². The fourth-order valence-corrected chi connectivity index (χ4v) is 12.6. The summed E-state index contributed by atoms with van der Waals surface area (Å²) < 4.78 is 30.8. The second-order valence-corrected chi connectivity index (χ2v) is 12.7. The van der Waals surface area contributed by atoms with Crippen LogP contribution >= 0.6 is 0 Å². The van der Waals surface area contributed by atoms with Gasteiger partial charge in [-0.05, 0) is 53.1 Å². The molecule has 7 nitrogen and oxygen atoms in total. The van der Waals surface area contributed by atoms with Crippen LogP contribution in [0.2, 0.25) is 11.7 Å². The molecule has 0 bridgehead atoms. The van der Waals surface area contributed by atoms with Crippen molar-refractivity contribution in [2.45, 2.75) is 53.3 Å². The maximum absolute atomic E-state index is 6.30. The molecule has 1 unspecified atom stereocenters. The summed E-state index contributed by atoms with van der Waals surface area (Å²) in [7, 11) is -5.39.